The van der Waals surface area contributed by atoms with Gasteiger partial charge < -0.3 is 24.8 Å². The van der Waals surface area contributed by atoms with Crippen molar-refractivity contribution in [1.82, 2.24) is 0 Å². The Balaban J connectivity index is 2.63. The molecule has 0 amide bonds. The molecule has 2 unspecified atom stereocenters. The molecule has 1 aliphatic rings. The summed E-state index contributed by atoms with van der Waals surface area (Å²) in [5.74, 6) is 0. The Hall–Kier alpha value is -0.200. The van der Waals surface area contributed by atoms with Crippen LogP contribution in [0.1, 0.15) is 6.92 Å². The molecule has 0 aliphatic carbocycles. The van der Waals surface area contributed by atoms with Crippen molar-refractivity contribution in [2.45, 2.75) is 37.6 Å². The number of aliphatic hydroxyl groups excluding tert-OH is 3. The first-order valence-corrected chi connectivity index (χ1v) is 3.80. The highest BCUT2D eigenvalue weighted by Gasteiger charge is 2.41. The summed E-state index contributed by atoms with van der Waals surface area (Å²) in [5, 5.41) is 27.8. The number of ether oxygens (including phenoxy) is 2. The molecule has 0 spiro atoms. The monoisotopic (exact) mass is 178 g/mol. The van der Waals surface area contributed by atoms with Crippen LogP contribution in [0.3, 0.4) is 0 Å². The van der Waals surface area contributed by atoms with Gasteiger partial charge in [-0.2, -0.15) is 0 Å². The first-order valence-electron chi connectivity index (χ1n) is 3.80. The maximum absolute atomic E-state index is 9.27. The van der Waals surface area contributed by atoms with Gasteiger partial charge in [0.25, 0.3) is 0 Å². The quantitative estimate of drug-likeness (QED) is 0.453. The fraction of sp³-hybridized carbons (Fsp3) is 1.00. The van der Waals surface area contributed by atoms with Crippen molar-refractivity contribution in [2.24, 2.45) is 0 Å². The van der Waals surface area contributed by atoms with Crippen molar-refractivity contribution in [1.29, 1.82) is 0 Å². The average molecular weight is 178 g/mol. The molecule has 5 nitrogen and oxygen atoms in total. The van der Waals surface area contributed by atoms with Gasteiger partial charge in [-0.1, -0.05) is 0 Å². The van der Waals surface area contributed by atoms with E-state index in [1.54, 1.807) is 6.92 Å². The van der Waals surface area contributed by atoms with Crippen molar-refractivity contribution in [3.63, 3.8) is 0 Å². The molecule has 3 N–H and O–H groups in total. The van der Waals surface area contributed by atoms with Crippen molar-refractivity contribution >= 4 is 0 Å². The highest BCUT2D eigenvalue weighted by molar-refractivity contribution is 4.86. The topological polar surface area (TPSA) is 79.2 Å². The molecule has 1 rings (SSSR count). The summed E-state index contributed by atoms with van der Waals surface area (Å²) in [7, 11) is 1.37. The third kappa shape index (κ3) is 1.60. The van der Waals surface area contributed by atoms with E-state index < -0.39 is 30.7 Å². The summed E-state index contributed by atoms with van der Waals surface area (Å²) in [6.07, 6.45) is -4.86. The largest absolute Gasteiger partial charge is 0.388 e. The second-order valence-electron chi connectivity index (χ2n) is 2.92. The lowest BCUT2D eigenvalue weighted by Crippen LogP contribution is -2.57. The van der Waals surface area contributed by atoms with Crippen LogP contribution in [0.4, 0.5) is 0 Å². The van der Waals surface area contributed by atoms with Gasteiger partial charge in [-0.25, -0.2) is 0 Å². The zero-order valence-corrected chi connectivity index (χ0v) is 7.04. The third-order valence-electron chi connectivity index (χ3n) is 2.04. The van der Waals surface area contributed by atoms with E-state index >= 15 is 0 Å². The average Bonchev–Trinajstić information content (AvgIpc) is 2.08. The minimum atomic E-state index is -1.21. The second-order valence-corrected chi connectivity index (χ2v) is 2.92. The van der Waals surface area contributed by atoms with Crippen LogP contribution in [-0.4, -0.2) is 53.1 Å². The minimum absolute atomic E-state index is 0.534. The Morgan fingerprint density at radius 3 is 2.17 bits per heavy atom. The molecule has 0 aromatic heterocycles. The van der Waals surface area contributed by atoms with E-state index in [1.807, 2.05) is 0 Å². The molecule has 1 fully saturated rings. The fourth-order valence-electron chi connectivity index (χ4n) is 1.21. The van der Waals surface area contributed by atoms with E-state index in [0.717, 1.165) is 0 Å². The van der Waals surface area contributed by atoms with Gasteiger partial charge in [-0.3, -0.25) is 0 Å². The van der Waals surface area contributed by atoms with Crippen LogP contribution in [0.5, 0.6) is 0 Å². The maximum Gasteiger partial charge on any atom is 0.186 e. The van der Waals surface area contributed by atoms with Gasteiger partial charge in [0.1, 0.15) is 18.3 Å². The number of methoxy groups -OCH3 is 1. The van der Waals surface area contributed by atoms with Crippen LogP contribution in [0.25, 0.3) is 0 Å². The summed E-state index contributed by atoms with van der Waals surface area (Å²) in [5.41, 5.74) is 0. The molecular formula is C7H14O5. The van der Waals surface area contributed by atoms with Crippen LogP contribution in [0.15, 0.2) is 0 Å². The third-order valence-corrected chi connectivity index (χ3v) is 2.04. The van der Waals surface area contributed by atoms with Crippen molar-refractivity contribution in [3.05, 3.63) is 0 Å². The molecule has 0 saturated carbocycles. The molecular weight excluding hydrogens is 164 g/mol. The van der Waals surface area contributed by atoms with E-state index in [9.17, 15) is 15.3 Å². The van der Waals surface area contributed by atoms with Crippen LogP contribution in [0.2, 0.25) is 0 Å². The summed E-state index contributed by atoms with van der Waals surface area (Å²) >= 11 is 0. The molecule has 0 radical (unpaired) electrons. The molecule has 1 saturated heterocycles. The highest BCUT2D eigenvalue weighted by atomic mass is 16.7. The molecule has 12 heavy (non-hydrogen) atoms. The predicted molar refractivity (Wildman–Crippen MR) is 39.4 cm³/mol. The number of hydrogen-bond acceptors (Lipinski definition) is 5. The van der Waals surface area contributed by atoms with Gasteiger partial charge >= 0.3 is 0 Å². The molecule has 0 aromatic rings. The van der Waals surface area contributed by atoms with Crippen LogP contribution in [0, 0.1) is 0 Å². The molecule has 5 atom stereocenters. The van der Waals surface area contributed by atoms with Gasteiger partial charge in [0.2, 0.25) is 0 Å². The molecule has 1 aliphatic heterocycles. The Bertz CT molecular complexity index is 146. The lowest BCUT2D eigenvalue weighted by Gasteiger charge is -2.38. The van der Waals surface area contributed by atoms with Gasteiger partial charge in [-0.05, 0) is 6.92 Å². The standard InChI is InChI=1S/C7H14O5/c1-3-4(8)5(9)6(10)7(11-2)12-3/h3-10H,1-2H3/t3-,4-,5?,6-,7?/m0/s1. The normalized spacial score (nSPS) is 49.2. The van der Waals surface area contributed by atoms with Gasteiger partial charge in [0, 0.05) is 7.11 Å². The fourth-order valence-corrected chi connectivity index (χ4v) is 1.21. The van der Waals surface area contributed by atoms with E-state index in [2.05, 4.69) is 0 Å². The van der Waals surface area contributed by atoms with Crippen LogP contribution >= 0.6 is 0 Å². The van der Waals surface area contributed by atoms with E-state index in [1.165, 1.54) is 7.11 Å². The summed E-state index contributed by atoms with van der Waals surface area (Å²) in [6.45, 7) is 1.60. The number of hydrogen-bond donors (Lipinski definition) is 3. The zero-order chi connectivity index (χ0) is 9.30. The van der Waals surface area contributed by atoms with Crippen molar-refractivity contribution < 1.29 is 24.8 Å². The maximum atomic E-state index is 9.27. The van der Waals surface area contributed by atoms with Gasteiger partial charge in [0.15, 0.2) is 6.29 Å². The summed E-state index contributed by atoms with van der Waals surface area (Å²) < 4.78 is 9.80. The van der Waals surface area contributed by atoms with E-state index in [0.29, 0.717) is 0 Å². The lowest BCUT2D eigenvalue weighted by atomic mass is 10.0. The zero-order valence-electron chi connectivity index (χ0n) is 7.04. The highest BCUT2D eigenvalue weighted by Crippen LogP contribution is 2.20. The molecule has 0 aromatic carbocycles. The Labute approximate surface area is 70.5 Å². The Morgan fingerprint density at radius 2 is 1.67 bits per heavy atom. The number of aliphatic hydroxyl groups is 3. The van der Waals surface area contributed by atoms with Crippen LogP contribution < -0.4 is 0 Å². The van der Waals surface area contributed by atoms with Crippen molar-refractivity contribution in [3.8, 4) is 0 Å². The predicted octanol–water partition coefficient (Wildman–Crippen LogP) is -1.54. The second kappa shape index (κ2) is 3.68. The minimum Gasteiger partial charge on any atom is -0.388 e. The SMILES string of the molecule is COC1O[C@@H](C)[C@H](O)C(O)[C@@H]1O. The summed E-state index contributed by atoms with van der Waals surface area (Å²) in [4.78, 5) is 0. The van der Waals surface area contributed by atoms with E-state index in [4.69, 9.17) is 9.47 Å². The smallest absolute Gasteiger partial charge is 0.186 e. The molecule has 72 valence electrons. The lowest BCUT2D eigenvalue weighted by molar-refractivity contribution is -0.286. The number of rotatable bonds is 1. The molecule has 5 heteroatoms. The first-order chi connectivity index (χ1) is 5.57. The molecule has 1 heterocycles. The first kappa shape index (κ1) is 9.88. The van der Waals surface area contributed by atoms with Gasteiger partial charge in [0.05, 0.1) is 6.10 Å². The van der Waals surface area contributed by atoms with Crippen molar-refractivity contribution in [2.75, 3.05) is 7.11 Å². The molecule has 0 bridgehead atoms. The van der Waals surface area contributed by atoms with E-state index in [-0.39, 0.29) is 0 Å². The van der Waals surface area contributed by atoms with Crippen LogP contribution in [-0.2, 0) is 9.47 Å². The summed E-state index contributed by atoms with van der Waals surface area (Å²) in [6, 6.07) is 0. The van der Waals surface area contributed by atoms with Gasteiger partial charge in [-0.15, -0.1) is 0 Å². The Morgan fingerprint density at radius 1 is 1.08 bits per heavy atom. The Kier molecular flexibility index (Phi) is 3.03.